The summed E-state index contributed by atoms with van der Waals surface area (Å²) < 4.78 is 0. The summed E-state index contributed by atoms with van der Waals surface area (Å²) in [6.45, 7) is 9.11. The van der Waals surface area contributed by atoms with Gasteiger partial charge in [0.05, 0.1) is 5.41 Å². The minimum atomic E-state index is -0.211. The summed E-state index contributed by atoms with van der Waals surface area (Å²) in [5, 5.41) is 1.52. The van der Waals surface area contributed by atoms with Gasteiger partial charge in [-0.15, -0.1) is 0 Å². The Morgan fingerprint density at radius 1 is 0.840 bits per heavy atom. The van der Waals surface area contributed by atoms with Crippen LogP contribution in [0.1, 0.15) is 38.8 Å². The van der Waals surface area contributed by atoms with E-state index in [2.05, 4.69) is 58.0 Å². The van der Waals surface area contributed by atoms with Crippen molar-refractivity contribution in [1.29, 1.82) is 0 Å². The van der Waals surface area contributed by atoms with Gasteiger partial charge in [-0.3, -0.25) is 0 Å². The molecule has 2 heteroatoms. The third-order valence-electron chi connectivity index (χ3n) is 5.40. The van der Waals surface area contributed by atoms with Crippen LogP contribution in [-0.2, 0) is 5.41 Å². The van der Waals surface area contributed by atoms with Gasteiger partial charge in [-0.25, -0.2) is 0 Å². The topological polar surface area (TPSA) is 0 Å². The average molecular weight is 368 g/mol. The van der Waals surface area contributed by atoms with Crippen LogP contribution in [0.4, 0.5) is 0 Å². The Hall–Kier alpha value is -1.50. The lowest BCUT2D eigenvalue weighted by Crippen LogP contribution is -2.43. The van der Waals surface area contributed by atoms with Gasteiger partial charge in [0.15, 0.2) is 0 Å². The summed E-state index contributed by atoms with van der Waals surface area (Å²) in [5.74, 6) is 0.329. The largest absolute Gasteiger partial charge is 0.0843 e. The molecule has 2 bridgehead atoms. The van der Waals surface area contributed by atoms with Gasteiger partial charge >= 0.3 is 0 Å². The zero-order valence-corrected chi connectivity index (χ0v) is 16.5. The number of fused-ring (bicyclic) bond motifs is 1. The minimum Gasteiger partial charge on any atom is -0.0843 e. The van der Waals surface area contributed by atoms with E-state index in [-0.39, 0.29) is 10.8 Å². The molecule has 0 amide bonds. The van der Waals surface area contributed by atoms with E-state index in [9.17, 15) is 0 Å². The lowest BCUT2D eigenvalue weighted by atomic mass is 9.52. The SMILES string of the molecule is CC1[C]=C2C(C(C)(C)C)=C1C2(c1ccc(Cl)cc1)c1ccc(Cl)cc1. The summed E-state index contributed by atoms with van der Waals surface area (Å²) in [6, 6.07) is 16.5. The van der Waals surface area contributed by atoms with E-state index in [1.165, 1.54) is 27.8 Å². The number of benzene rings is 2. The molecular formula is C23H21Cl2. The lowest BCUT2D eigenvalue weighted by Gasteiger charge is -2.50. The second-order valence-corrected chi connectivity index (χ2v) is 8.92. The summed E-state index contributed by atoms with van der Waals surface area (Å²) >= 11 is 12.3. The predicted octanol–water partition coefficient (Wildman–Crippen LogP) is 7.02. The highest BCUT2D eigenvalue weighted by molar-refractivity contribution is 6.30. The van der Waals surface area contributed by atoms with Crippen molar-refractivity contribution in [1.82, 2.24) is 0 Å². The molecule has 2 aromatic carbocycles. The standard InChI is InChI=1S/C23H21Cl2/c1-14-13-19-21(22(2,3)4)20(14)23(19,15-5-9-17(24)10-6-15)16-7-11-18(25)12-8-16/h5-12,14H,1-4H3. The first-order valence-electron chi connectivity index (χ1n) is 8.68. The maximum Gasteiger partial charge on any atom is 0.0679 e. The molecule has 1 atom stereocenters. The molecule has 0 saturated heterocycles. The molecule has 0 aliphatic heterocycles. The Labute approximate surface area is 160 Å². The third kappa shape index (κ3) is 2.27. The van der Waals surface area contributed by atoms with Crippen LogP contribution in [0.25, 0.3) is 0 Å². The Kier molecular flexibility index (Phi) is 3.72. The third-order valence-corrected chi connectivity index (χ3v) is 5.90. The van der Waals surface area contributed by atoms with E-state index in [0.717, 1.165) is 10.0 Å². The molecule has 0 fully saturated rings. The van der Waals surface area contributed by atoms with Crippen LogP contribution in [-0.4, -0.2) is 0 Å². The molecule has 0 aromatic heterocycles. The van der Waals surface area contributed by atoms with Crippen LogP contribution in [0.15, 0.2) is 65.3 Å². The molecule has 1 unspecified atom stereocenters. The quantitative estimate of drug-likeness (QED) is 0.535. The van der Waals surface area contributed by atoms with Crippen molar-refractivity contribution in [3.8, 4) is 0 Å². The van der Waals surface area contributed by atoms with Crippen molar-refractivity contribution >= 4 is 23.2 Å². The fraction of sp³-hybridized carbons (Fsp3) is 0.304. The Morgan fingerprint density at radius 2 is 1.28 bits per heavy atom. The molecule has 0 saturated carbocycles. The summed E-state index contributed by atoms with van der Waals surface area (Å²) in [4.78, 5) is 0. The van der Waals surface area contributed by atoms with E-state index in [1.54, 1.807) is 0 Å². The highest BCUT2D eigenvalue weighted by atomic mass is 35.5. The Balaban J connectivity index is 2.01. The molecule has 3 aliphatic rings. The Bertz CT molecular complexity index is 845. The fourth-order valence-electron chi connectivity index (χ4n) is 4.54. The number of hydrogen-bond acceptors (Lipinski definition) is 0. The zero-order valence-electron chi connectivity index (χ0n) is 15.0. The molecule has 0 N–H and O–H groups in total. The smallest absolute Gasteiger partial charge is 0.0679 e. The molecule has 25 heavy (non-hydrogen) atoms. The van der Waals surface area contributed by atoms with Crippen LogP contribution < -0.4 is 0 Å². The number of rotatable bonds is 2. The van der Waals surface area contributed by atoms with Gasteiger partial charge in [0, 0.05) is 16.0 Å². The molecule has 127 valence electrons. The molecule has 2 aromatic rings. The highest BCUT2D eigenvalue weighted by Crippen LogP contribution is 2.67. The molecule has 0 nitrogen and oxygen atoms in total. The summed E-state index contributed by atoms with van der Waals surface area (Å²) in [7, 11) is 0. The average Bonchev–Trinajstić information content (AvgIpc) is 3.03. The van der Waals surface area contributed by atoms with E-state index in [4.69, 9.17) is 23.2 Å². The first kappa shape index (κ1) is 16.9. The van der Waals surface area contributed by atoms with E-state index >= 15 is 0 Å². The molecule has 1 radical (unpaired) electrons. The molecule has 5 rings (SSSR count). The van der Waals surface area contributed by atoms with Crippen LogP contribution in [0.5, 0.6) is 0 Å². The van der Waals surface area contributed by atoms with E-state index < -0.39 is 0 Å². The van der Waals surface area contributed by atoms with Crippen molar-refractivity contribution < 1.29 is 0 Å². The van der Waals surface area contributed by atoms with E-state index in [0.29, 0.717) is 5.92 Å². The van der Waals surface area contributed by atoms with Gasteiger partial charge in [-0.2, -0.15) is 0 Å². The first-order chi connectivity index (χ1) is 11.8. The van der Waals surface area contributed by atoms with Gasteiger partial charge in [0.2, 0.25) is 0 Å². The van der Waals surface area contributed by atoms with Crippen molar-refractivity contribution in [2.75, 3.05) is 0 Å². The van der Waals surface area contributed by atoms with Crippen LogP contribution >= 0.6 is 23.2 Å². The summed E-state index contributed by atoms with van der Waals surface area (Å²) in [6.07, 6.45) is 3.74. The second-order valence-electron chi connectivity index (χ2n) is 8.04. The monoisotopic (exact) mass is 367 g/mol. The molecule has 3 aliphatic carbocycles. The van der Waals surface area contributed by atoms with Crippen molar-refractivity contribution in [2.24, 2.45) is 11.3 Å². The van der Waals surface area contributed by atoms with E-state index in [1.807, 2.05) is 24.3 Å². The number of halogens is 2. The zero-order chi connectivity index (χ0) is 18.0. The maximum absolute atomic E-state index is 6.16. The van der Waals surface area contributed by atoms with Gasteiger partial charge in [-0.1, -0.05) is 75.2 Å². The van der Waals surface area contributed by atoms with Crippen molar-refractivity contribution in [3.63, 3.8) is 0 Å². The van der Waals surface area contributed by atoms with Gasteiger partial charge in [0.1, 0.15) is 0 Å². The minimum absolute atomic E-state index is 0.116. The number of allylic oxidation sites excluding steroid dienone is 4. The van der Waals surface area contributed by atoms with Crippen molar-refractivity contribution in [3.05, 3.63) is 92.5 Å². The highest BCUT2D eigenvalue weighted by Gasteiger charge is 2.59. The molecule has 0 spiro atoms. The van der Waals surface area contributed by atoms with Crippen LogP contribution in [0.2, 0.25) is 10.0 Å². The number of hydrogen-bond donors (Lipinski definition) is 0. The maximum atomic E-state index is 6.16. The van der Waals surface area contributed by atoms with Crippen molar-refractivity contribution in [2.45, 2.75) is 33.1 Å². The molecular weight excluding hydrogens is 347 g/mol. The Morgan fingerprint density at radius 3 is 1.60 bits per heavy atom. The van der Waals surface area contributed by atoms with Crippen LogP contribution in [0.3, 0.4) is 0 Å². The fourth-order valence-corrected chi connectivity index (χ4v) is 4.79. The second kappa shape index (κ2) is 5.50. The van der Waals surface area contributed by atoms with Crippen LogP contribution in [0, 0.1) is 17.4 Å². The van der Waals surface area contributed by atoms with Gasteiger partial charge in [0.25, 0.3) is 0 Å². The summed E-state index contributed by atoms with van der Waals surface area (Å²) in [5.41, 5.74) is 6.68. The predicted molar refractivity (Wildman–Crippen MR) is 106 cm³/mol. The first-order valence-corrected chi connectivity index (χ1v) is 9.43. The normalized spacial score (nSPS) is 21.2. The molecule has 0 heterocycles. The van der Waals surface area contributed by atoms with Gasteiger partial charge < -0.3 is 0 Å². The van der Waals surface area contributed by atoms with Gasteiger partial charge in [-0.05, 0) is 63.6 Å². The lowest BCUT2D eigenvalue weighted by molar-refractivity contribution is 0.448.